The van der Waals surface area contributed by atoms with Gasteiger partial charge in [0.25, 0.3) is 0 Å². The Hall–Kier alpha value is -2.29. The molecule has 0 heterocycles. The molecule has 1 aromatic carbocycles. The van der Waals surface area contributed by atoms with E-state index >= 15 is 0 Å². The number of alkyl carbamates (subject to hydrolysis) is 1. The largest absolute Gasteiger partial charge is 0.479 e. The lowest BCUT2D eigenvalue weighted by atomic mass is 9.99. The van der Waals surface area contributed by atoms with Crippen LogP contribution in [0, 0.1) is 0 Å². The number of amides is 1. The molecule has 3 N–H and O–H groups in total. The highest BCUT2D eigenvalue weighted by Gasteiger charge is 2.32. The van der Waals surface area contributed by atoms with Crippen molar-refractivity contribution in [1.29, 1.82) is 0 Å². The highest BCUT2D eigenvalue weighted by atomic mass is 19.4. The third-order valence-corrected chi connectivity index (χ3v) is 3.05. The molecule has 0 saturated carbocycles. The van der Waals surface area contributed by atoms with Crippen molar-refractivity contribution in [2.24, 2.45) is 0 Å². The molecule has 0 saturated heterocycles. The van der Waals surface area contributed by atoms with Gasteiger partial charge in [0.2, 0.25) is 0 Å². The van der Waals surface area contributed by atoms with E-state index in [0.29, 0.717) is 0 Å². The Balaban J connectivity index is 2.98. The number of aliphatic hydroxyl groups excluding tert-OH is 1. The zero-order chi connectivity index (χ0) is 19.4. The molecule has 2 atom stereocenters. The Morgan fingerprint density at radius 3 is 2.32 bits per heavy atom. The lowest BCUT2D eigenvalue weighted by Gasteiger charge is -2.25. The van der Waals surface area contributed by atoms with Crippen molar-refractivity contribution in [2.75, 3.05) is 0 Å². The predicted octanol–water partition coefficient (Wildman–Crippen LogP) is 2.59. The zero-order valence-electron chi connectivity index (χ0n) is 13.9. The summed E-state index contributed by atoms with van der Waals surface area (Å²) in [5.41, 5.74) is -1.67. The molecule has 9 heteroatoms. The first-order valence-corrected chi connectivity index (χ1v) is 7.36. The van der Waals surface area contributed by atoms with Crippen LogP contribution in [-0.4, -0.2) is 40.0 Å². The average molecular weight is 363 g/mol. The predicted molar refractivity (Wildman–Crippen MR) is 81.9 cm³/mol. The number of benzene rings is 1. The number of aliphatic carboxylic acids is 1. The SMILES string of the molecule is CC(C)(C)OC(=O)NC(Cc1cccc(C(F)(F)F)c1)C(O)C(=O)O. The van der Waals surface area contributed by atoms with E-state index in [-0.39, 0.29) is 12.0 Å². The summed E-state index contributed by atoms with van der Waals surface area (Å²) in [5, 5.41) is 20.9. The molecule has 0 fully saturated rings. The molecule has 0 aliphatic rings. The summed E-state index contributed by atoms with van der Waals surface area (Å²) in [6.45, 7) is 4.76. The van der Waals surface area contributed by atoms with Gasteiger partial charge in [-0.3, -0.25) is 0 Å². The summed E-state index contributed by atoms with van der Waals surface area (Å²) in [4.78, 5) is 22.8. The van der Waals surface area contributed by atoms with Crippen molar-refractivity contribution < 1.29 is 37.7 Å². The number of carbonyl (C=O) groups excluding carboxylic acids is 1. The van der Waals surface area contributed by atoms with Crippen LogP contribution in [-0.2, 0) is 22.1 Å². The van der Waals surface area contributed by atoms with Crippen LogP contribution in [0.5, 0.6) is 0 Å². The van der Waals surface area contributed by atoms with Crippen LogP contribution < -0.4 is 5.32 Å². The van der Waals surface area contributed by atoms with Crippen LogP contribution in [0.2, 0.25) is 0 Å². The summed E-state index contributed by atoms with van der Waals surface area (Å²) < 4.78 is 43.2. The van der Waals surface area contributed by atoms with Gasteiger partial charge in [-0.05, 0) is 38.8 Å². The fraction of sp³-hybridized carbons (Fsp3) is 0.500. The Labute approximate surface area is 142 Å². The van der Waals surface area contributed by atoms with Gasteiger partial charge in [-0.25, -0.2) is 9.59 Å². The number of ether oxygens (including phenoxy) is 1. The van der Waals surface area contributed by atoms with Crippen molar-refractivity contribution in [1.82, 2.24) is 5.32 Å². The van der Waals surface area contributed by atoms with Gasteiger partial charge in [-0.2, -0.15) is 13.2 Å². The molecule has 140 valence electrons. The second kappa shape index (κ2) is 7.73. The van der Waals surface area contributed by atoms with Crippen molar-refractivity contribution in [3.05, 3.63) is 35.4 Å². The summed E-state index contributed by atoms with van der Waals surface area (Å²) in [5.74, 6) is -1.62. The minimum absolute atomic E-state index is 0.108. The van der Waals surface area contributed by atoms with Gasteiger partial charge in [0, 0.05) is 0 Å². The van der Waals surface area contributed by atoms with Crippen molar-refractivity contribution in [3.63, 3.8) is 0 Å². The quantitative estimate of drug-likeness (QED) is 0.747. The maximum Gasteiger partial charge on any atom is 0.416 e. The topological polar surface area (TPSA) is 95.9 Å². The summed E-state index contributed by atoms with van der Waals surface area (Å²) in [7, 11) is 0. The number of carboxylic acids is 1. The summed E-state index contributed by atoms with van der Waals surface area (Å²) in [6, 6.07) is 2.84. The molecule has 0 radical (unpaired) electrons. The van der Waals surface area contributed by atoms with Crippen molar-refractivity contribution in [3.8, 4) is 0 Å². The van der Waals surface area contributed by atoms with Crippen LogP contribution in [0.3, 0.4) is 0 Å². The minimum Gasteiger partial charge on any atom is -0.479 e. The molecular formula is C16H20F3NO5. The average Bonchev–Trinajstić information content (AvgIpc) is 2.43. The molecule has 0 aliphatic heterocycles. The number of aliphatic hydroxyl groups is 1. The van der Waals surface area contributed by atoms with E-state index in [0.717, 1.165) is 18.2 Å². The summed E-state index contributed by atoms with van der Waals surface area (Å²) >= 11 is 0. The van der Waals surface area contributed by atoms with Crippen LogP contribution in [0.25, 0.3) is 0 Å². The number of carbonyl (C=O) groups is 2. The normalized spacial score (nSPS) is 14.5. The van der Waals surface area contributed by atoms with Crippen LogP contribution in [0.4, 0.5) is 18.0 Å². The number of rotatable bonds is 5. The molecule has 6 nitrogen and oxygen atoms in total. The lowest BCUT2D eigenvalue weighted by Crippen LogP contribution is -2.49. The van der Waals surface area contributed by atoms with Gasteiger partial charge in [0.1, 0.15) is 5.60 Å². The van der Waals surface area contributed by atoms with Gasteiger partial charge in [0.05, 0.1) is 11.6 Å². The number of hydrogen-bond acceptors (Lipinski definition) is 4. The zero-order valence-corrected chi connectivity index (χ0v) is 13.9. The monoisotopic (exact) mass is 363 g/mol. The molecule has 25 heavy (non-hydrogen) atoms. The van der Waals surface area contributed by atoms with E-state index < -0.39 is 41.5 Å². The molecular weight excluding hydrogens is 343 g/mol. The first-order valence-electron chi connectivity index (χ1n) is 7.36. The molecule has 0 aliphatic carbocycles. The minimum atomic E-state index is -4.56. The van der Waals surface area contributed by atoms with Crippen LogP contribution in [0.1, 0.15) is 31.9 Å². The fourth-order valence-corrected chi connectivity index (χ4v) is 2.00. The molecule has 2 unspecified atom stereocenters. The highest BCUT2D eigenvalue weighted by Crippen LogP contribution is 2.29. The van der Waals surface area contributed by atoms with E-state index in [2.05, 4.69) is 5.32 Å². The maximum atomic E-state index is 12.8. The van der Waals surface area contributed by atoms with Crippen molar-refractivity contribution in [2.45, 2.75) is 51.1 Å². The molecule has 0 spiro atoms. The van der Waals surface area contributed by atoms with Gasteiger partial charge >= 0.3 is 18.2 Å². The van der Waals surface area contributed by atoms with E-state index in [1.165, 1.54) is 6.07 Å². The first-order chi connectivity index (χ1) is 11.3. The van der Waals surface area contributed by atoms with Crippen LogP contribution >= 0.6 is 0 Å². The molecule has 0 aromatic heterocycles. The third-order valence-electron chi connectivity index (χ3n) is 3.05. The number of nitrogens with one attached hydrogen (secondary N) is 1. The number of carboxylic acid groups (broad SMARTS) is 1. The second-order valence-corrected chi connectivity index (χ2v) is 6.44. The van der Waals surface area contributed by atoms with Crippen LogP contribution in [0.15, 0.2) is 24.3 Å². The van der Waals surface area contributed by atoms with E-state index in [1.807, 2.05) is 0 Å². The molecule has 1 amide bonds. The smallest absolute Gasteiger partial charge is 0.416 e. The van der Waals surface area contributed by atoms with Gasteiger partial charge in [0.15, 0.2) is 6.10 Å². The number of alkyl halides is 3. The van der Waals surface area contributed by atoms with Gasteiger partial charge in [-0.1, -0.05) is 18.2 Å². The second-order valence-electron chi connectivity index (χ2n) is 6.44. The van der Waals surface area contributed by atoms with E-state index in [9.17, 15) is 27.9 Å². The molecule has 0 bridgehead atoms. The third kappa shape index (κ3) is 7.00. The fourth-order valence-electron chi connectivity index (χ4n) is 2.00. The van der Waals surface area contributed by atoms with Crippen molar-refractivity contribution >= 4 is 12.1 Å². The Kier molecular flexibility index (Phi) is 6.42. The van der Waals surface area contributed by atoms with Gasteiger partial charge < -0.3 is 20.3 Å². The Morgan fingerprint density at radius 2 is 1.84 bits per heavy atom. The van der Waals surface area contributed by atoms with E-state index in [1.54, 1.807) is 20.8 Å². The first kappa shape index (κ1) is 20.8. The number of halogens is 3. The molecule has 1 aromatic rings. The standard InChI is InChI=1S/C16H20F3NO5/c1-15(2,3)25-14(24)20-11(12(21)13(22)23)8-9-5-4-6-10(7-9)16(17,18)19/h4-7,11-12,21H,8H2,1-3H3,(H,20,24)(H,22,23). The molecule has 1 rings (SSSR count). The van der Waals surface area contributed by atoms with E-state index in [4.69, 9.17) is 9.84 Å². The van der Waals surface area contributed by atoms with Gasteiger partial charge in [-0.15, -0.1) is 0 Å². The highest BCUT2D eigenvalue weighted by molar-refractivity contribution is 5.75. The lowest BCUT2D eigenvalue weighted by molar-refractivity contribution is -0.148. The maximum absolute atomic E-state index is 12.8. The Bertz CT molecular complexity index is 625. The number of hydrogen-bond donors (Lipinski definition) is 3. The Morgan fingerprint density at radius 1 is 1.24 bits per heavy atom. The summed E-state index contributed by atoms with van der Waals surface area (Å²) in [6.07, 6.45) is -7.88.